The molecule has 2 heterocycles. The van der Waals surface area contributed by atoms with E-state index >= 15 is 0 Å². The largest absolute Gasteiger partial charge is 0.465 e. The van der Waals surface area contributed by atoms with E-state index in [-0.39, 0.29) is 31.2 Å². The van der Waals surface area contributed by atoms with Gasteiger partial charge in [-0.25, -0.2) is 13.2 Å². The lowest BCUT2D eigenvalue weighted by atomic mass is 9.88. The number of anilines is 1. The molecule has 0 radical (unpaired) electrons. The van der Waals surface area contributed by atoms with E-state index in [1.54, 1.807) is 35.2 Å². The van der Waals surface area contributed by atoms with Crippen molar-refractivity contribution in [3.05, 3.63) is 99.0 Å². The van der Waals surface area contributed by atoms with Crippen LogP contribution in [-0.2, 0) is 39.0 Å². The standard InChI is InChI=1S/C32H34Cl2N4O6S/c1-45(43,44)36-27-9-5-4-8-24(27)21-12-14-37(15-13-21)31(40)28(17-20-10-11-25(33)26(34)16-20)35-30(39)29-18-22-6-2-3-7-23(22)19-38(29)32(41)42/h2-11,16,21,28-29,36H,12-15,17-19H2,1H3,(H,35,39)(H,41,42)/t28-,29+/m1/s1. The summed E-state index contributed by atoms with van der Waals surface area (Å²) in [5.74, 6) is -0.830. The van der Waals surface area contributed by atoms with Crippen LogP contribution in [0.1, 0.15) is 41.0 Å². The summed E-state index contributed by atoms with van der Waals surface area (Å²) in [6.45, 7) is 0.850. The minimum Gasteiger partial charge on any atom is -0.465 e. The number of hydrogen-bond donors (Lipinski definition) is 3. The Bertz CT molecular complexity index is 1710. The highest BCUT2D eigenvalue weighted by atomic mass is 35.5. The molecule has 3 aromatic carbocycles. The van der Waals surface area contributed by atoms with E-state index in [1.807, 2.05) is 36.4 Å². The molecule has 10 nitrogen and oxygen atoms in total. The molecule has 1 fully saturated rings. The highest BCUT2D eigenvalue weighted by molar-refractivity contribution is 7.92. The van der Waals surface area contributed by atoms with Crippen molar-refractivity contribution in [2.24, 2.45) is 0 Å². The predicted molar refractivity (Wildman–Crippen MR) is 173 cm³/mol. The molecule has 45 heavy (non-hydrogen) atoms. The van der Waals surface area contributed by atoms with Crippen molar-refractivity contribution in [1.29, 1.82) is 0 Å². The van der Waals surface area contributed by atoms with Gasteiger partial charge >= 0.3 is 6.09 Å². The van der Waals surface area contributed by atoms with Crippen LogP contribution >= 0.6 is 23.2 Å². The molecule has 2 aliphatic rings. The van der Waals surface area contributed by atoms with Crippen LogP contribution in [0.15, 0.2) is 66.7 Å². The Morgan fingerprint density at radius 3 is 2.29 bits per heavy atom. The molecule has 2 atom stereocenters. The number of rotatable bonds is 8. The Morgan fingerprint density at radius 1 is 0.956 bits per heavy atom. The molecule has 0 aliphatic carbocycles. The first kappa shape index (κ1) is 32.6. The smallest absolute Gasteiger partial charge is 0.408 e. The lowest BCUT2D eigenvalue weighted by molar-refractivity contribution is -0.138. The van der Waals surface area contributed by atoms with E-state index in [0.29, 0.717) is 47.2 Å². The topological polar surface area (TPSA) is 136 Å². The van der Waals surface area contributed by atoms with Crippen molar-refractivity contribution >= 4 is 56.8 Å². The quantitative estimate of drug-likeness (QED) is 0.311. The summed E-state index contributed by atoms with van der Waals surface area (Å²) >= 11 is 12.4. The fourth-order valence-corrected chi connectivity index (χ4v) is 7.01. The van der Waals surface area contributed by atoms with Gasteiger partial charge in [0.15, 0.2) is 0 Å². The monoisotopic (exact) mass is 672 g/mol. The number of benzene rings is 3. The number of likely N-dealkylation sites (tertiary alicyclic amines) is 1. The van der Waals surface area contributed by atoms with Crippen molar-refractivity contribution in [3.8, 4) is 0 Å². The first-order valence-corrected chi connectivity index (χ1v) is 17.2. The first-order chi connectivity index (χ1) is 21.4. The molecule has 3 amide bonds. The molecule has 0 spiro atoms. The Morgan fingerprint density at radius 2 is 1.62 bits per heavy atom. The molecule has 13 heteroatoms. The van der Waals surface area contributed by atoms with Gasteiger partial charge < -0.3 is 15.3 Å². The van der Waals surface area contributed by atoms with E-state index in [1.165, 1.54) is 0 Å². The third-order valence-corrected chi connectivity index (χ3v) is 9.67. The summed E-state index contributed by atoms with van der Waals surface area (Å²) in [6.07, 6.45) is 1.38. The SMILES string of the molecule is CS(=O)(=O)Nc1ccccc1C1CCN(C(=O)[C@@H](Cc2ccc(Cl)c(Cl)c2)NC(=O)[C@@H]2Cc3ccccc3CN2C(=O)O)CC1. The van der Waals surface area contributed by atoms with Gasteiger partial charge in [0.1, 0.15) is 12.1 Å². The van der Waals surface area contributed by atoms with Gasteiger partial charge in [-0.2, -0.15) is 0 Å². The summed E-state index contributed by atoms with van der Waals surface area (Å²) in [6, 6.07) is 17.6. The number of piperidine rings is 1. The number of carbonyl (C=O) groups is 3. The van der Waals surface area contributed by atoms with E-state index in [4.69, 9.17) is 23.2 Å². The van der Waals surface area contributed by atoms with Crippen molar-refractivity contribution in [1.82, 2.24) is 15.1 Å². The summed E-state index contributed by atoms with van der Waals surface area (Å²) in [7, 11) is -3.47. The maximum atomic E-state index is 14.0. The lowest BCUT2D eigenvalue weighted by Crippen LogP contribution is -2.58. The number of fused-ring (bicyclic) bond motifs is 1. The second kappa shape index (κ2) is 13.7. The third kappa shape index (κ3) is 7.89. The minimum absolute atomic E-state index is 0.0223. The molecule has 238 valence electrons. The molecular weight excluding hydrogens is 639 g/mol. The number of hydrogen-bond acceptors (Lipinski definition) is 5. The van der Waals surface area contributed by atoms with Crippen LogP contribution in [0.4, 0.5) is 10.5 Å². The number of carboxylic acid groups (broad SMARTS) is 1. The van der Waals surface area contributed by atoms with E-state index in [9.17, 15) is 27.9 Å². The van der Waals surface area contributed by atoms with E-state index < -0.39 is 34.1 Å². The van der Waals surface area contributed by atoms with Crippen molar-refractivity contribution in [3.63, 3.8) is 0 Å². The van der Waals surface area contributed by atoms with Gasteiger partial charge in [-0.05, 0) is 59.2 Å². The molecule has 0 unspecified atom stereocenters. The van der Waals surface area contributed by atoms with E-state index in [0.717, 1.165) is 27.8 Å². The van der Waals surface area contributed by atoms with Crippen LogP contribution in [0.5, 0.6) is 0 Å². The van der Waals surface area contributed by atoms with Crippen LogP contribution in [0.3, 0.4) is 0 Å². The van der Waals surface area contributed by atoms with Crippen LogP contribution in [0, 0.1) is 0 Å². The van der Waals surface area contributed by atoms with E-state index in [2.05, 4.69) is 10.0 Å². The number of halogens is 2. The molecule has 3 N–H and O–H groups in total. The number of carbonyl (C=O) groups excluding carboxylic acids is 2. The molecule has 3 aromatic rings. The molecule has 0 aromatic heterocycles. The van der Waals surface area contributed by atoms with Crippen LogP contribution in [0.2, 0.25) is 10.0 Å². The fraction of sp³-hybridized carbons (Fsp3) is 0.344. The maximum Gasteiger partial charge on any atom is 0.408 e. The van der Waals surface area contributed by atoms with Crippen molar-refractivity contribution in [2.75, 3.05) is 24.1 Å². The molecule has 0 bridgehead atoms. The summed E-state index contributed by atoms with van der Waals surface area (Å²) in [5, 5.41) is 13.5. The van der Waals surface area contributed by atoms with Crippen LogP contribution in [-0.4, -0.2) is 72.7 Å². The zero-order chi connectivity index (χ0) is 32.3. The number of nitrogens with one attached hydrogen (secondary N) is 2. The Hall–Kier alpha value is -3.80. The second-order valence-electron chi connectivity index (χ2n) is 11.5. The van der Waals surface area contributed by atoms with Crippen LogP contribution in [0.25, 0.3) is 0 Å². The predicted octanol–water partition coefficient (Wildman–Crippen LogP) is 4.90. The molecule has 5 rings (SSSR count). The summed E-state index contributed by atoms with van der Waals surface area (Å²) < 4.78 is 26.4. The van der Waals surface area contributed by atoms with Gasteiger partial charge in [0.2, 0.25) is 21.8 Å². The zero-order valence-corrected chi connectivity index (χ0v) is 26.9. The lowest BCUT2D eigenvalue weighted by Gasteiger charge is -2.37. The first-order valence-electron chi connectivity index (χ1n) is 14.6. The van der Waals surface area contributed by atoms with Gasteiger partial charge in [0.05, 0.1) is 28.5 Å². The van der Waals surface area contributed by atoms with Gasteiger partial charge in [-0.15, -0.1) is 0 Å². The maximum absolute atomic E-state index is 14.0. The van der Waals surface area contributed by atoms with Gasteiger partial charge in [0, 0.05) is 25.9 Å². The Kier molecular flexibility index (Phi) is 9.91. The van der Waals surface area contributed by atoms with Gasteiger partial charge in [-0.1, -0.05) is 71.7 Å². The Balaban J connectivity index is 1.35. The number of nitrogens with zero attached hydrogens (tertiary/aromatic N) is 2. The molecule has 2 aliphatic heterocycles. The van der Waals surface area contributed by atoms with Crippen LogP contribution < -0.4 is 10.0 Å². The minimum atomic E-state index is -3.47. The molecular formula is C32H34Cl2N4O6S. The normalized spacial score (nSPS) is 17.7. The third-order valence-electron chi connectivity index (χ3n) is 8.34. The number of amides is 3. The highest BCUT2D eigenvalue weighted by Crippen LogP contribution is 2.34. The highest BCUT2D eigenvalue weighted by Gasteiger charge is 2.37. The average Bonchev–Trinajstić information content (AvgIpc) is 3.01. The fourth-order valence-electron chi connectivity index (χ4n) is 6.11. The summed E-state index contributed by atoms with van der Waals surface area (Å²) in [4.78, 5) is 42.7. The van der Waals surface area contributed by atoms with Gasteiger partial charge in [-0.3, -0.25) is 19.2 Å². The van der Waals surface area contributed by atoms with Crippen molar-refractivity contribution < 1.29 is 27.9 Å². The summed E-state index contributed by atoms with van der Waals surface area (Å²) in [5.41, 5.74) is 3.79. The second-order valence-corrected chi connectivity index (χ2v) is 14.0. The number of sulfonamides is 1. The number of para-hydroxylation sites is 1. The molecule has 0 saturated carbocycles. The van der Waals surface area contributed by atoms with Crippen molar-refractivity contribution in [2.45, 2.75) is 50.2 Å². The Labute approximate surface area is 272 Å². The van der Waals surface area contributed by atoms with Gasteiger partial charge in [0.25, 0.3) is 0 Å². The molecule has 1 saturated heterocycles. The average molecular weight is 674 g/mol. The zero-order valence-electron chi connectivity index (χ0n) is 24.6.